The van der Waals surface area contributed by atoms with Crippen LogP contribution in [0.5, 0.6) is 0 Å². The average Bonchev–Trinajstić information content (AvgIpc) is 1.83. The van der Waals surface area contributed by atoms with E-state index in [9.17, 15) is 0 Å². The fraction of sp³-hybridized carbons (Fsp3) is 0.500. The van der Waals surface area contributed by atoms with Crippen molar-refractivity contribution in [1.29, 1.82) is 0 Å². The van der Waals surface area contributed by atoms with E-state index in [1.807, 2.05) is 0 Å². The molecule has 4 nitrogen and oxygen atoms in total. The van der Waals surface area contributed by atoms with Crippen molar-refractivity contribution in [3.05, 3.63) is 11.8 Å². The Labute approximate surface area is 47.7 Å². The summed E-state index contributed by atoms with van der Waals surface area (Å²) in [7, 11) is 0. The Morgan fingerprint density at radius 1 is 1.88 bits per heavy atom. The fourth-order valence-electron chi connectivity index (χ4n) is 0.173. The lowest BCUT2D eigenvalue weighted by molar-refractivity contribution is 0.331. The summed E-state index contributed by atoms with van der Waals surface area (Å²) >= 11 is 0. The van der Waals surface area contributed by atoms with Crippen LogP contribution in [0.1, 0.15) is 6.92 Å². The Bertz CT molecular complexity index is 108. The number of hydrogen-bond donors (Lipinski definition) is 2. The van der Waals surface area contributed by atoms with Gasteiger partial charge in [-0.15, -0.1) is 5.11 Å². The van der Waals surface area contributed by atoms with Gasteiger partial charge in [0, 0.05) is 0 Å². The molecule has 0 heterocycles. The third-order valence-corrected chi connectivity index (χ3v) is 0.594. The van der Waals surface area contributed by atoms with Crippen LogP contribution in [0, 0.1) is 0 Å². The number of hydrogen-bond acceptors (Lipinski definition) is 3. The SMILES string of the molecule is C/C(=C\N=NN)CO. The molecule has 0 aliphatic rings. The maximum absolute atomic E-state index is 8.35. The molecule has 0 bridgehead atoms. The summed E-state index contributed by atoms with van der Waals surface area (Å²) in [5.41, 5.74) is 0.735. The predicted molar refractivity (Wildman–Crippen MR) is 29.9 cm³/mol. The van der Waals surface area contributed by atoms with Crippen LogP contribution in [0.15, 0.2) is 22.1 Å². The summed E-state index contributed by atoms with van der Waals surface area (Å²) in [6.45, 7) is 1.73. The van der Waals surface area contributed by atoms with Crippen LogP contribution >= 0.6 is 0 Å². The van der Waals surface area contributed by atoms with Crippen molar-refractivity contribution < 1.29 is 5.11 Å². The second-order valence-electron chi connectivity index (χ2n) is 1.36. The first-order chi connectivity index (χ1) is 3.81. The third kappa shape index (κ3) is 3.30. The topological polar surface area (TPSA) is 71.0 Å². The summed E-state index contributed by atoms with van der Waals surface area (Å²) in [5, 5.41) is 14.6. The fourth-order valence-corrected chi connectivity index (χ4v) is 0.173. The Morgan fingerprint density at radius 3 is 2.88 bits per heavy atom. The first kappa shape index (κ1) is 7.10. The molecule has 0 aliphatic carbocycles. The zero-order valence-corrected chi connectivity index (χ0v) is 4.70. The van der Waals surface area contributed by atoms with Gasteiger partial charge in [-0.25, -0.2) is 0 Å². The van der Waals surface area contributed by atoms with E-state index in [-0.39, 0.29) is 6.61 Å². The molecule has 0 amide bonds. The number of nitrogens with two attached hydrogens (primary N) is 1. The number of aliphatic hydroxyl groups is 1. The molecule has 3 N–H and O–H groups in total. The number of aliphatic hydroxyl groups excluding tert-OH is 1. The standard InChI is InChI=1S/C4H9N3O/c1-4(3-8)2-6-7-5/h2,8H,3H2,1H3,(H2,5,6)/b4-2+. The molecule has 0 aliphatic heterocycles. The van der Waals surface area contributed by atoms with Gasteiger partial charge >= 0.3 is 0 Å². The monoisotopic (exact) mass is 115 g/mol. The molecular weight excluding hydrogens is 106 g/mol. The highest BCUT2D eigenvalue weighted by Gasteiger charge is 1.78. The summed E-state index contributed by atoms with van der Waals surface area (Å²) in [4.78, 5) is 0. The lowest BCUT2D eigenvalue weighted by Crippen LogP contribution is -1.81. The molecule has 0 rings (SSSR count). The summed E-state index contributed by atoms with van der Waals surface area (Å²) in [6.07, 6.45) is 1.40. The van der Waals surface area contributed by atoms with Gasteiger partial charge in [-0.2, -0.15) is 0 Å². The molecule has 0 spiro atoms. The third-order valence-electron chi connectivity index (χ3n) is 0.594. The summed E-state index contributed by atoms with van der Waals surface area (Å²) in [6, 6.07) is 0. The van der Waals surface area contributed by atoms with Gasteiger partial charge in [0.2, 0.25) is 0 Å². The molecule has 46 valence electrons. The molecule has 0 saturated carbocycles. The molecule has 8 heavy (non-hydrogen) atoms. The van der Waals surface area contributed by atoms with Gasteiger partial charge in [-0.3, -0.25) is 0 Å². The van der Waals surface area contributed by atoms with Gasteiger partial charge < -0.3 is 10.9 Å². The Morgan fingerprint density at radius 2 is 2.50 bits per heavy atom. The van der Waals surface area contributed by atoms with Crippen molar-refractivity contribution >= 4 is 0 Å². The van der Waals surface area contributed by atoms with Crippen LogP contribution in [0.4, 0.5) is 0 Å². The maximum Gasteiger partial charge on any atom is 0.0657 e. The number of rotatable bonds is 2. The van der Waals surface area contributed by atoms with Crippen LogP contribution < -0.4 is 5.84 Å². The van der Waals surface area contributed by atoms with Gasteiger partial charge in [0.25, 0.3) is 0 Å². The van der Waals surface area contributed by atoms with E-state index < -0.39 is 0 Å². The van der Waals surface area contributed by atoms with E-state index in [0.29, 0.717) is 0 Å². The molecule has 0 aromatic heterocycles. The van der Waals surface area contributed by atoms with Crippen LogP contribution in [0.3, 0.4) is 0 Å². The molecular formula is C4H9N3O. The quantitative estimate of drug-likeness (QED) is 0.307. The van der Waals surface area contributed by atoms with Gasteiger partial charge in [-0.1, -0.05) is 5.22 Å². The minimum absolute atomic E-state index is 0.000972. The minimum Gasteiger partial charge on any atom is -0.392 e. The average molecular weight is 115 g/mol. The normalized spacial score (nSPS) is 13.0. The smallest absolute Gasteiger partial charge is 0.0657 e. The lowest BCUT2D eigenvalue weighted by Gasteiger charge is -1.85. The minimum atomic E-state index is -0.000972. The molecule has 4 heteroatoms. The van der Waals surface area contributed by atoms with Crippen LogP contribution in [-0.4, -0.2) is 11.7 Å². The van der Waals surface area contributed by atoms with Gasteiger partial charge in [0.1, 0.15) is 0 Å². The molecule has 0 aromatic rings. The highest BCUT2D eigenvalue weighted by molar-refractivity contribution is 4.94. The van der Waals surface area contributed by atoms with E-state index in [2.05, 4.69) is 16.2 Å². The van der Waals surface area contributed by atoms with E-state index in [1.165, 1.54) is 6.20 Å². The van der Waals surface area contributed by atoms with Crippen LogP contribution in [0.25, 0.3) is 0 Å². The maximum atomic E-state index is 8.35. The van der Waals surface area contributed by atoms with Crippen molar-refractivity contribution in [2.24, 2.45) is 16.2 Å². The molecule has 0 saturated heterocycles. The summed E-state index contributed by atoms with van der Waals surface area (Å²) < 4.78 is 0. The molecule has 0 radical (unpaired) electrons. The second-order valence-corrected chi connectivity index (χ2v) is 1.36. The van der Waals surface area contributed by atoms with Crippen molar-refractivity contribution in [3.63, 3.8) is 0 Å². The first-order valence-electron chi connectivity index (χ1n) is 2.17. The predicted octanol–water partition coefficient (Wildman–Crippen LogP) is 0.208. The van der Waals surface area contributed by atoms with Crippen molar-refractivity contribution in [2.75, 3.05) is 6.61 Å². The van der Waals surface area contributed by atoms with E-state index >= 15 is 0 Å². The largest absolute Gasteiger partial charge is 0.392 e. The van der Waals surface area contributed by atoms with E-state index in [1.54, 1.807) is 6.92 Å². The Kier molecular flexibility index (Phi) is 3.78. The lowest BCUT2D eigenvalue weighted by atomic mass is 10.4. The molecule has 0 atom stereocenters. The van der Waals surface area contributed by atoms with Crippen molar-refractivity contribution in [2.45, 2.75) is 6.92 Å². The number of nitrogens with zero attached hydrogens (tertiary/aromatic N) is 2. The highest BCUT2D eigenvalue weighted by atomic mass is 16.3. The first-order valence-corrected chi connectivity index (χ1v) is 2.17. The zero-order valence-electron chi connectivity index (χ0n) is 4.70. The molecule has 0 unspecified atom stereocenters. The van der Waals surface area contributed by atoms with Gasteiger partial charge in [-0.05, 0) is 12.5 Å². The molecule has 0 aromatic carbocycles. The van der Waals surface area contributed by atoms with E-state index in [4.69, 9.17) is 5.11 Å². The Hall–Kier alpha value is -0.900. The highest BCUT2D eigenvalue weighted by Crippen LogP contribution is 1.88. The summed E-state index contributed by atoms with van der Waals surface area (Å²) in [5.74, 6) is 4.66. The van der Waals surface area contributed by atoms with Crippen molar-refractivity contribution in [1.82, 2.24) is 0 Å². The Balaban J connectivity index is 3.57. The van der Waals surface area contributed by atoms with Gasteiger partial charge in [0.15, 0.2) is 0 Å². The van der Waals surface area contributed by atoms with Gasteiger partial charge in [0.05, 0.1) is 12.8 Å². The van der Waals surface area contributed by atoms with Crippen LogP contribution in [-0.2, 0) is 0 Å². The second kappa shape index (κ2) is 4.26. The van der Waals surface area contributed by atoms with E-state index in [0.717, 1.165) is 5.57 Å². The molecule has 0 fully saturated rings. The van der Waals surface area contributed by atoms with Crippen LogP contribution in [0.2, 0.25) is 0 Å². The van der Waals surface area contributed by atoms with Crippen molar-refractivity contribution in [3.8, 4) is 0 Å². The zero-order chi connectivity index (χ0) is 6.41.